The molecule has 0 spiro atoms. The summed E-state index contributed by atoms with van der Waals surface area (Å²) in [5.41, 5.74) is 5.19. The monoisotopic (exact) mass is 476 g/mol. The van der Waals surface area contributed by atoms with Crippen LogP contribution in [0.4, 0.5) is 0 Å². The van der Waals surface area contributed by atoms with Crippen molar-refractivity contribution in [1.82, 2.24) is 5.43 Å². The lowest BCUT2D eigenvalue weighted by Crippen LogP contribution is -2.22. The summed E-state index contributed by atoms with van der Waals surface area (Å²) in [4.78, 5) is 37.0. The molecular formula is C26H24N2O7. The third-order valence-corrected chi connectivity index (χ3v) is 5.64. The van der Waals surface area contributed by atoms with Gasteiger partial charge in [0.25, 0.3) is 5.91 Å². The van der Waals surface area contributed by atoms with Gasteiger partial charge in [-0.2, -0.15) is 5.10 Å². The minimum Gasteiger partial charge on any atom is -0.496 e. The van der Waals surface area contributed by atoms with Crippen molar-refractivity contribution in [2.75, 3.05) is 14.2 Å². The smallest absolute Gasteiger partial charge is 0.379 e. The molecule has 0 fully saturated rings. The van der Waals surface area contributed by atoms with E-state index < -0.39 is 17.8 Å². The molecular weight excluding hydrogens is 452 g/mol. The number of amides is 1. The van der Waals surface area contributed by atoms with Crippen LogP contribution in [0.2, 0.25) is 0 Å². The fourth-order valence-electron chi connectivity index (χ4n) is 3.92. The van der Waals surface area contributed by atoms with Gasteiger partial charge in [0.15, 0.2) is 0 Å². The minimum atomic E-state index is -0.667. The lowest BCUT2D eigenvalue weighted by molar-refractivity contribution is 0.0600. The first-order chi connectivity index (χ1) is 16.9. The van der Waals surface area contributed by atoms with Crippen molar-refractivity contribution in [2.24, 2.45) is 5.10 Å². The fraction of sp³-hybridized carbons (Fsp3) is 0.231. The van der Waals surface area contributed by atoms with Gasteiger partial charge in [-0.25, -0.2) is 15.0 Å². The van der Waals surface area contributed by atoms with Crippen molar-refractivity contribution in [3.63, 3.8) is 0 Å². The number of esters is 2. The van der Waals surface area contributed by atoms with Crippen LogP contribution >= 0.6 is 0 Å². The second-order valence-electron chi connectivity index (χ2n) is 7.81. The van der Waals surface area contributed by atoms with Crippen molar-refractivity contribution in [2.45, 2.75) is 26.2 Å². The van der Waals surface area contributed by atoms with Gasteiger partial charge in [0, 0.05) is 17.5 Å². The number of nitrogens with zero attached hydrogens (tertiary/aromatic N) is 1. The molecule has 0 saturated heterocycles. The van der Waals surface area contributed by atoms with Crippen molar-refractivity contribution in [1.29, 1.82) is 0 Å². The minimum absolute atomic E-state index is 0.0673. The first kappa shape index (κ1) is 23.7. The number of ether oxygens (including phenoxy) is 3. The summed E-state index contributed by atoms with van der Waals surface area (Å²) in [7, 11) is 2.79. The number of hydrogen-bond acceptors (Lipinski definition) is 8. The van der Waals surface area contributed by atoms with Crippen LogP contribution in [0.3, 0.4) is 0 Å². The number of aryl methyl sites for hydroxylation is 1. The molecule has 9 heteroatoms. The second-order valence-corrected chi connectivity index (χ2v) is 7.81. The molecule has 1 aromatic heterocycles. The standard InChI is InChI=1S/C26H24N2O7/c1-15-22-19(27-28-24(29)18-7-4-5-9-20(18)32-2)8-6-10-21(22)35-23(15)26(31)34-17-13-11-16(12-14-17)25(30)33-3/h4-5,7,9,11-14H,6,8,10H2,1-3H3,(H,28,29)/b27-19+. The van der Waals surface area contributed by atoms with E-state index in [0.717, 1.165) is 6.42 Å². The summed E-state index contributed by atoms with van der Waals surface area (Å²) in [5.74, 6) is -0.168. The Bertz CT molecular complexity index is 1310. The summed E-state index contributed by atoms with van der Waals surface area (Å²) in [6, 6.07) is 12.9. The molecule has 1 amide bonds. The molecule has 9 nitrogen and oxygen atoms in total. The highest BCUT2D eigenvalue weighted by molar-refractivity contribution is 6.07. The van der Waals surface area contributed by atoms with E-state index in [9.17, 15) is 14.4 Å². The lowest BCUT2D eigenvalue weighted by Gasteiger charge is -2.14. The third-order valence-electron chi connectivity index (χ3n) is 5.64. The molecule has 0 aliphatic heterocycles. The number of carbonyl (C=O) groups excluding carboxylic acids is 3. The van der Waals surface area contributed by atoms with E-state index in [1.165, 1.54) is 38.5 Å². The predicted molar refractivity (Wildman–Crippen MR) is 126 cm³/mol. The maximum Gasteiger partial charge on any atom is 0.379 e. The number of benzene rings is 2. The van der Waals surface area contributed by atoms with E-state index in [0.29, 0.717) is 52.3 Å². The number of carbonyl (C=O) groups is 3. The highest BCUT2D eigenvalue weighted by Gasteiger charge is 2.29. The first-order valence-corrected chi connectivity index (χ1v) is 11.0. The Morgan fingerprint density at radius 3 is 2.43 bits per heavy atom. The summed E-state index contributed by atoms with van der Waals surface area (Å²) >= 11 is 0. The zero-order chi connectivity index (χ0) is 24.9. The summed E-state index contributed by atoms with van der Waals surface area (Å²) in [6.07, 6.45) is 2.01. The maximum atomic E-state index is 12.8. The SMILES string of the molecule is COC(=O)c1ccc(OC(=O)c2oc3c(c2C)/C(=N/NC(=O)c2ccccc2OC)CCC3)cc1. The van der Waals surface area contributed by atoms with E-state index in [1.54, 1.807) is 31.2 Å². The molecule has 0 atom stereocenters. The maximum absolute atomic E-state index is 12.8. The van der Waals surface area contributed by atoms with Crippen LogP contribution in [0.1, 0.15) is 61.0 Å². The van der Waals surface area contributed by atoms with Gasteiger partial charge in [-0.15, -0.1) is 0 Å². The largest absolute Gasteiger partial charge is 0.496 e. The molecule has 0 radical (unpaired) electrons. The molecule has 180 valence electrons. The quantitative estimate of drug-likeness (QED) is 0.324. The molecule has 2 aromatic carbocycles. The lowest BCUT2D eigenvalue weighted by atomic mass is 9.93. The van der Waals surface area contributed by atoms with E-state index in [4.69, 9.17) is 13.9 Å². The number of rotatable bonds is 6. The number of para-hydroxylation sites is 1. The molecule has 3 aromatic rings. The van der Waals surface area contributed by atoms with Gasteiger partial charge >= 0.3 is 11.9 Å². The number of hydrogen-bond donors (Lipinski definition) is 1. The molecule has 4 rings (SSSR count). The normalized spacial score (nSPS) is 13.6. The Balaban J connectivity index is 1.53. The Kier molecular flexibility index (Phi) is 6.96. The topological polar surface area (TPSA) is 116 Å². The Labute approximate surface area is 201 Å². The average molecular weight is 476 g/mol. The average Bonchev–Trinajstić information content (AvgIpc) is 3.24. The van der Waals surface area contributed by atoms with Crippen LogP contribution < -0.4 is 14.9 Å². The van der Waals surface area contributed by atoms with Crippen LogP contribution in [-0.4, -0.2) is 37.8 Å². The Hall–Kier alpha value is -4.40. The van der Waals surface area contributed by atoms with E-state index in [2.05, 4.69) is 15.3 Å². The fourth-order valence-corrected chi connectivity index (χ4v) is 3.92. The molecule has 0 bridgehead atoms. The summed E-state index contributed by atoms with van der Waals surface area (Å²) < 4.78 is 21.2. The van der Waals surface area contributed by atoms with Crippen LogP contribution in [-0.2, 0) is 11.2 Å². The molecule has 1 aliphatic carbocycles. The molecule has 1 heterocycles. The summed E-state index contributed by atoms with van der Waals surface area (Å²) in [6.45, 7) is 1.75. The zero-order valence-corrected chi connectivity index (χ0v) is 19.5. The van der Waals surface area contributed by atoms with Crippen LogP contribution in [0.15, 0.2) is 58.0 Å². The first-order valence-electron chi connectivity index (χ1n) is 11.0. The van der Waals surface area contributed by atoms with E-state index >= 15 is 0 Å². The Morgan fingerprint density at radius 2 is 1.71 bits per heavy atom. The van der Waals surface area contributed by atoms with Gasteiger partial charge in [0.2, 0.25) is 5.76 Å². The second kappa shape index (κ2) is 10.3. The molecule has 1 aliphatic rings. The summed E-state index contributed by atoms with van der Waals surface area (Å²) in [5, 5.41) is 4.33. The van der Waals surface area contributed by atoms with Gasteiger partial charge in [-0.3, -0.25) is 4.79 Å². The predicted octanol–water partition coefficient (Wildman–Crippen LogP) is 4.07. The van der Waals surface area contributed by atoms with Gasteiger partial charge in [-0.05, 0) is 56.2 Å². The highest BCUT2D eigenvalue weighted by atomic mass is 16.5. The number of methoxy groups -OCH3 is 2. The van der Waals surface area contributed by atoms with Gasteiger partial charge < -0.3 is 18.6 Å². The van der Waals surface area contributed by atoms with Gasteiger partial charge in [-0.1, -0.05) is 12.1 Å². The van der Waals surface area contributed by atoms with Crippen LogP contribution in [0, 0.1) is 6.92 Å². The Morgan fingerprint density at radius 1 is 0.971 bits per heavy atom. The third kappa shape index (κ3) is 4.93. The van der Waals surface area contributed by atoms with Crippen LogP contribution in [0.5, 0.6) is 11.5 Å². The van der Waals surface area contributed by atoms with E-state index in [-0.39, 0.29) is 11.5 Å². The number of furan rings is 1. The molecule has 0 unspecified atom stereocenters. The molecule has 35 heavy (non-hydrogen) atoms. The van der Waals surface area contributed by atoms with Crippen LogP contribution in [0.25, 0.3) is 0 Å². The van der Waals surface area contributed by atoms with Crippen molar-refractivity contribution in [3.8, 4) is 11.5 Å². The molecule has 0 saturated carbocycles. The number of fused-ring (bicyclic) bond motifs is 1. The van der Waals surface area contributed by atoms with E-state index in [1.807, 2.05) is 0 Å². The number of nitrogens with one attached hydrogen (secondary N) is 1. The molecule has 1 N–H and O–H groups in total. The number of hydrazone groups is 1. The van der Waals surface area contributed by atoms with Crippen molar-refractivity contribution in [3.05, 3.63) is 82.3 Å². The van der Waals surface area contributed by atoms with Gasteiger partial charge in [0.05, 0.1) is 31.1 Å². The highest BCUT2D eigenvalue weighted by Crippen LogP contribution is 2.31. The van der Waals surface area contributed by atoms with Crippen molar-refractivity contribution < 1.29 is 33.0 Å². The van der Waals surface area contributed by atoms with Crippen molar-refractivity contribution >= 4 is 23.6 Å². The van der Waals surface area contributed by atoms with Gasteiger partial charge in [0.1, 0.15) is 17.3 Å². The zero-order valence-electron chi connectivity index (χ0n) is 19.5.